The predicted octanol–water partition coefficient (Wildman–Crippen LogP) is 2.31. The third-order valence-electron chi connectivity index (χ3n) is 2.37. The van der Waals surface area contributed by atoms with Crippen molar-refractivity contribution in [3.8, 4) is 0 Å². The first-order chi connectivity index (χ1) is 4.66. The van der Waals surface area contributed by atoms with Gasteiger partial charge in [0.25, 0.3) is 0 Å². The van der Waals surface area contributed by atoms with E-state index < -0.39 is 8.80 Å². The van der Waals surface area contributed by atoms with E-state index in [0.29, 0.717) is 0 Å². The van der Waals surface area contributed by atoms with Crippen LogP contribution in [0.25, 0.3) is 0 Å². The Morgan fingerprint density at radius 2 is 2.00 bits per heavy atom. The average Bonchev–Trinajstić information content (AvgIpc) is 2.17. The van der Waals surface area contributed by atoms with Crippen LogP contribution in [0.5, 0.6) is 0 Å². The molecule has 1 heteroatoms. The van der Waals surface area contributed by atoms with Crippen molar-refractivity contribution in [1.82, 2.24) is 0 Å². The van der Waals surface area contributed by atoms with E-state index in [9.17, 15) is 0 Å². The van der Waals surface area contributed by atoms with Gasteiger partial charge in [-0.2, -0.15) is 0 Å². The molecule has 1 aliphatic heterocycles. The molecule has 0 N–H and O–H groups in total. The smallest absolute Gasteiger partial charge is 0.107 e. The van der Waals surface area contributed by atoms with Crippen molar-refractivity contribution in [2.75, 3.05) is 0 Å². The zero-order valence-corrected chi connectivity index (χ0v) is 8.09. The summed E-state index contributed by atoms with van der Waals surface area (Å²) in [6, 6.07) is 0. The van der Waals surface area contributed by atoms with Crippen LogP contribution in [0.2, 0.25) is 0 Å². The highest BCUT2D eigenvalue weighted by Gasteiger charge is 2.15. The largest absolute Gasteiger partial charge is 0.112 e. The van der Waals surface area contributed by atoms with Gasteiger partial charge >= 0.3 is 0 Å². The zero-order valence-electron chi connectivity index (χ0n) is 6.94. The summed E-state index contributed by atoms with van der Waals surface area (Å²) < 4.78 is 0. The minimum atomic E-state index is -0.789. The lowest BCUT2D eigenvalue weighted by Gasteiger charge is -2.00. The maximum atomic E-state index is 3.84. The van der Waals surface area contributed by atoms with E-state index >= 15 is 0 Å². The van der Waals surface area contributed by atoms with Crippen molar-refractivity contribution in [2.24, 2.45) is 0 Å². The van der Waals surface area contributed by atoms with E-state index in [1.165, 1.54) is 11.1 Å². The van der Waals surface area contributed by atoms with Gasteiger partial charge in [-0.25, -0.2) is 0 Å². The van der Waals surface area contributed by atoms with Gasteiger partial charge in [-0.1, -0.05) is 27.7 Å². The van der Waals surface area contributed by atoms with Crippen LogP contribution in [0.15, 0.2) is 34.3 Å². The summed E-state index contributed by atoms with van der Waals surface area (Å²) in [5, 5.41) is 1.59. The van der Waals surface area contributed by atoms with Crippen molar-refractivity contribution in [1.29, 1.82) is 0 Å². The Bertz CT molecular complexity index is 221. The Morgan fingerprint density at radius 3 is 2.20 bits per heavy atom. The number of rotatable bonds is 1. The van der Waals surface area contributed by atoms with Crippen LogP contribution < -0.4 is 0 Å². The van der Waals surface area contributed by atoms with Gasteiger partial charge in [-0.05, 0) is 20.8 Å². The van der Waals surface area contributed by atoms with Crippen LogP contribution in [0, 0.1) is 0 Å². The Morgan fingerprint density at radius 1 is 1.40 bits per heavy atom. The van der Waals surface area contributed by atoms with Crippen molar-refractivity contribution >= 4 is 8.80 Å². The fraction of sp³-hybridized carbons (Fsp3) is 0.333. The molecule has 1 aliphatic rings. The maximum Gasteiger partial charge on any atom is 0.112 e. The second-order valence-corrected chi connectivity index (χ2v) is 5.64. The summed E-state index contributed by atoms with van der Waals surface area (Å²) >= 11 is 0. The lowest BCUT2D eigenvalue weighted by atomic mass is 10.1. The van der Waals surface area contributed by atoms with Crippen LogP contribution in [0.1, 0.15) is 20.8 Å². The standard InChI is InChI=1S/C9H14Si/c1-5-10-6-7(2)8(3)9(10)4/h5-6,10H,1H2,2-4H3. The topological polar surface area (TPSA) is 0 Å². The van der Waals surface area contributed by atoms with E-state index in [1.54, 1.807) is 5.20 Å². The number of hydrogen-bond donors (Lipinski definition) is 0. The molecule has 0 aliphatic carbocycles. The monoisotopic (exact) mass is 150 g/mol. The summed E-state index contributed by atoms with van der Waals surface area (Å²) in [6.45, 7) is 10.5. The molecule has 0 fully saturated rings. The van der Waals surface area contributed by atoms with Crippen LogP contribution >= 0.6 is 0 Å². The molecule has 0 bridgehead atoms. The number of allylic oxidation sites excluding steroid dienone is 3. The lowest BCUT2D eigenvalue weighted by molar-refractivity contribution is 1.34. The normalized spacial score (nSPS) is 25.1. The van der Waals surface area contributed by atoms with Crippen molar-refractivity contribution < 1.29 is 0 Å². The first-order valence-electron chi connectivity index (χ1n) is 3.65. The van der Waals surface area contributed by atoms with Crippen molar-refractivity contribution in [3.05, 3.63) is 34.3 Å². The van der Waals surface area contributed by atoms with Gasteiger partial charge < -0.3 is 0 Å². The zero-order chi connectivity index (χ0) is 7.72. The molecule has 0 amide bonds. The highest BCUT2D eigenvalue weighted by Crippen LogP contribution is 2.24. The second kappa shape index (κ2) is 2.58. The summed E-state index contributed by atoms with van der Waals surface area (Å²) in [5.41, 5.74) is 7.50. The molecule has 0 spiro atoms. The number of hydrogen-bond acceptors (Lipinski definition) is 0. The molecule has 10 heavy (non-hydrogen) atoms. The molecule has 54 valence electrons. The van der Waals surface area contributed by atoms with Crippen LogP contribution in [0.4, 0.5) is 0 Å². The summed E-state index contributed by atoms with van der Waals surface area (Å²) in [7, 11) is -0.789. The first-order valence-corrected chi connectivity index (χ1v) is 5.56. The third kappa shape index (κ3) is 1.01. The third-order valence-corrected chi connectivity index (χ3v) is 5.17. The van der Waals surface area contributed by atoms with Crippen LogP contribution in [0.3, 0.4) is 0 Å². The molecular weight excluding hydrogens is 136 g/mol. The lowest BCUT2D eigenvalue weighted by Crippen LogP contribution is -2.04. The Hall–Kier alpha value is -0.563. The van der Waals surface area contributed by atoms with E-state index in [4.69, 9.17) is 0 Å². The minimum Gasteiger partial charge on any atom is -0.107 e. The van der Waals surface area contributed by atoms with E-state index in [2.05, 4.69) is 38.7 Å². The average molecular weight is 150 g/mol. The van der Waals surface area contributed by atoms with Gasteiger partial charge in [-0.15, -0.1) is 6.58 Å². The Labute approximate surface area is 64.6 Å². The van der Waals surface area contributed by atoms with E-state index in [-0.39, 0.29) is 0 Å². The molecule has 0 saturated carbocycles. The minimum absolute atomic E-state index is 0.789. The Balaban J connectivity index is 2.99. The molecule has 1 atom stereocenters. The predicted molar refractivity (Wildman–Crippen MR) is 49.5 cm³/mol. The molecule has 0 aromatic carbocycles. The molecule has 1 unspecified atom stereocenters. The summed E-state index contributed by atoms with van der Waals surface area (Å²) in [6.07, 6.45) is 0. The molecule has 0 radical (unpaired) electrons. The molecule has 0 aromatic rings. The highest BCUT2D eigenvalue weighted by atomic mass is 28.3. The van der Waals surface area contributed by atoms with Crippen LogP contribution in [-0.2, 0) is 0 Å². The summed E-state index contributed by atoms with van der Waals surface area (Å²) in [5.74, 6) is 0. The fourth-order valence-corrected chi connectivity index (χ4v) is 3.58. The fourth-order valence-electron chi connectivity index (χ4n) is 1.33. The SMILES string of the molecule is C=C[SiH]1C=C(C)C(C)=C1C. The van der Waals surface area contributed by atoms with Gasteiger partial charge in [0.2, 0.25) is 0 Å². The second-order valence-electron chi connectivity index (χ2n) is 2.92. The maximum absolute atomic E-state index is 3.84. The van der Waals surface area contributed by atoms with E-state index in [1.807, 2.05) is 0 Å². The molecular formula is C9H14Si. The molecule has 1 heterocycles. The van der Waals surface area contributed by atoms with Gasteiger partial charge in [0, 0.05) is 0 Å². The molecule has 0 nitrogen and oxygen atoms in total. The highest BCUT2D eigenvalue weighted by molar-refractivity contribution is 6.77. The van der Waals surface area contributed by atoms with E-state index in [0.717, 1.165) is 0 Å². The molecule has 1 rings (SSSR count). The molecule has 0 aromatic heterocycles. The first kappa shape index (κ1) is 7.54. The van der Waals surface area contributed by atoms with Gasteiger partial charge in [-0.3, -0.25) is 0 Å². The quantitative estimate of drug-likeness (QED) is 0.503. The van der Waals surface area contributed by atoms with Crippen molar-refractivity contribution in [2.45, 2.75) is 20.8 Å². The van der Waals surface area contributed by atoms with Gasteiger partial charge in [0.05, 0.1) is 0 Å². The van der Waals surface area contributed by atoms with Gasteiger partial charge in [0.1, 0.15) is 8.80 Å². The van der Waals surface area contributed by atoms with Gasteiger partial charge in [0.15, 0.2) is 0 Å². The summed E-state index contributed by atoms with van der Waals surface area (Å²) in [4.78, 5) is 0. The van der Waals surface area contributed by atoms with Crippen molar-refractivity contribution in [3.63, 3.8) is 0 Å². The Kier molecular flexibility index (Phi) is 1.95. The van der Waals surface area contributed by atoms with Crippen LogP contribution in [-0.4, -0.2) is 8.80 Å². The molecule has 0 saturated heterocycles.